The molecule has 7 nitrogen and oxygen atoms in total. The van der Waals surface area contributed by atoms with E-state index in [1.54, 1.807) is 0 Å². The third-order valence-electron chi connectivity index (χ3n) is 9.15. The number of hydrogen-bond donors (Lipinski definition) is 2. The number of hydrogen-bond acceptors (Lipinski definition) is 6. The summed E-state index contributed by atoms with van der Waals surface area (Å²) in [5.41, 5.74) is 7.62. The number of nitrogens with one attached hydrogen (secondary N) is 1. The van der Waals surface area contributed by atoms with Gasteiger partial charge in [0.05, 0.1) is 11.3 Å². The molecule has 4 fully saturated rings. The van der Waals surface area contributed by atoms with Crippen molar-refractivity contribution in [2.75, 3.05) is 11.1 Å². The number of amides is 2. The molecule has 7 rings (SSSR count). The van der Waals surface area contributed by atoms with Crippen LogP contribution in [0.2, 0.25) is 0 Å². The predicted octanol–water partition coefficient (Wildman–Crippen LogP) is 5.24. The zero-order valence-corrected chi connectivity index (χ0v) is 23.3. The monoisotopic (exact) mass is 539 g/mol. The van der Waals surface area contributed by atoms with Crippen molar-refractivity contribution in [2.24, 2.45) is 34.8 Å². The Kier molecular flexibility index (Phi) is 6.72. The topological polar surface area (TPSA) is 103 Å². The summed E-state index contributed by atoms with van der Waals surface area (Å²) in [6, 6.07) is 0. The molecule has 0 aromatic carbocycles. The second-order valence-corrected chi connectivity index (χ2v) is 14.2. The van der Waals surface area contributed by atoms with E-state index >= 15 is 0 Å². The summed E-state index contributed by atoms with van der Waals surface area (Å²) in [6.45, 7) is 6.81. The molecule has 1 atom stereocenters. The molecular formula is C28H37N5O2S2. The van der Waals surface area contributed by atoms with Gasteiger partial charge in [0.15, 0.2) is 5.16 Å². The van der Waals surface area contributed by atoms with E-state index in [-0.39, 0.29) is 11.7 Å². The van der Waals surface area contributed by atoms with Crippen molar-refractivity contribution in [2.45, 2.75) is 82.8 Å². The molecule has 2 heterocycles. The Morgan fingerprint density at radius 1 is 1.22 bits per heavy atom. The molecule has 0 saturated heterocycles. The standard InChI is InChI=1S/C28H37N5O2S2/c1-3-6-33-22(14-28-11-17-8-18(12-28)10-19(9-17)13-28)31-32-27(33)36-15-23(34)30-26-24(25(29)35)20-5-4-16(2)7-21(20)37-26/h3,16-19H,1,4-15H2,2H3,(H2,29,35)(H,30,34). The van der Waals surface area contributed by atoms with Gasteiger partial charge in [-0.3, -0.25) is 9.59 Å². The van der Waals surface area contributed by atoms with E-state index in [0.29, 0.717) is 28.4 Å². The first-order chi connectivity index (χ1) is 17.8. The van der Waals surface area contributed by atoms with Crippen LogP contribution in [-0.2, 0) is 30.6 Å². The van der Waals surface area contributed by atoms with Crippen molar-refractivity contribution in [3.63, 3.8) is 0 Å². The smallest absolute Gasteiger partial charge is 0.251 e. The lowest BCUT2D eigenvalue weighted by Crippen LogP contribution is -2.47. The molecule has 9 heteroatoms. The van der Waals surface area contributed by atoms with Gasteiger partial charge in [0.2, 0.25) is 5.91 Å². The Hall–Kier alpha value is -2.13. The maximum absolute atomic E-state index is 13.0. The molecular weight excluding hydrogens is 502 g/mol. The first-order valence-electron chi connectivity index (χ1n) is 13.7. The molecule has 5 aliphatic carbocycles. The fraction of sp³-hybridized carbons (Fsp3) is 0.643. The second kappa shape index (κ2) is 9.88. The average Bonchev–Trinajstić information content (AvgIpc) is 3.36. The highest BCUT2D eigenvalue weighted by atomic mass is 32.2. The number of nitrogens with zero attached hydrogens (tertiary/aromatic N) is 3. The largest absolute Gasteiger partial charge is 0.365 e. The van der Waals surface area contributed by atoms with Crippen LogP contribution in [-0.4, -0.2) is 32.3 Å². The number of fused-ring (bicyclic) bond motifs is 1. The zero-order valence-electron chi connectivity index (χ0n) is 21.6. The zero-order chi connectivity index (χ0) is 25.7. The van der Waals surface area contributed by atoms with Gasteiger partial charge in [-0.25, -0.2) is 0 Å². The maximum Gasteiger partial charge on any atom is 0.251 e. The minimum Gasteiger partial charge on any atom is -0.365 e. The number of aromatic nitrogens is 3. The first-order valence-corrected chi connectivity index (χ1v) is 15.5. The summed E-state index contributed by atoms with van der Waals surface area (Å²) in [5.74, 6) is 3.88. The van der Waals surface area contributed by atoms with Gasteiger partial charge in [-0.15, -0.1) is 28.1 Å². The van der Waals surface area contributed by atoms with Crippen molar-refractivity contribution >= 4 is 39.9 Å². The quantitative estimate of drug-likeness (QED) is 0.335. The second-order valence-electron chi connectivity index (χ2n) is 12.1. The number of nitrogens with two attached hydrogens (primary N) is 1. The molecule has 4 bridgehead atoms. The van der Waals surface area contributed by atoms with Crippen molar-refractivity contribution in [1.82, 2.24) is 14.8 Å². The van der Waals surface area contributed by atoms with Crippen LogP contribution >= 0.6 is 23.1 Å². The molecule has 1 unspecified atom stereocenters. The SMILES string of the molecule is C=CCn1c(CC23CC4CC(CC(C4)C2)C3)nnc1SCC(=O)Nc1sc2c(c1C(N)=O)CCC(C)C2. The van der Waals surface area contributed by atoms with Gasteiger partial charge in [0.25, 0.3) is 5.91 Å². The Balaban J connectivity index is 1.14. The molecule has 5 aliphatic rings. The number of primary amides is 1. The minimum absolute atomic E-state index is 0.157. The van der Waals surface area contributed by atoms with Crippen LogP contribution in [0.3, 0.4) is 0 Å². The molecule has 2 aromatic rings. The normalized spacial score (nSPS) is 29.8. The van der Waals surface area contributed by atoms with Gasteiger partial charge in [-0.05, 0) is 92.4 Å². The third-order valence-corrected chi connectivity index (χ3v) is 11.3. The number of rotatable bonds is 9. The Morgan fingerprint density at radius 3 is 2.57 bits per heavy atom. The molecule has 198 valence electrons. The number of anilines is 1. The predicted molar refractivity (Wildman–Crippen MR) is 148 cm³/mol. The molecule has 3 N–H and O–H groups in total. The number of thioether (sulfide) groups is 1. The van der Waals surface area contributed by atoms with Crippen molar-refractivity contribution in [1.29, 1.82) is 0 Å². The van der Waals surface area contributed by atoms with Gasteiger partial charge < -0.3 is 15.6 Å². The minimum atomic E-state index is -0.463. The highest BCUT2D eigenvalue weighted by Crippen LogP contribution is 2.61. The lowest BCUT2D eigenvalue weighted by Gasteiger charge is -2.56. The van der Waals surface area contributed by atoms with E-state index in [4.69, 9.17) is 5.73 Å². The van der Waals surface area contributed by atoms with Crippen LogP contribution in [0.15, 0.2) is 17.8 Å². The van der Waals surface area contributed by atoms with E-state index in [0.717, 1.165) is 60.0 Å². The summed E-state index contributed by atoms with van der Waals surface area (Å²) >= 11 is 2.90. The highest BCUT2D eigenvalue weighted by Gasteiger charge is 2.51. The van der Waals surface area contributed by atoms with Crippen LogP contribution in [0.5, 0.6) is 0 Å². The van der Waals surface area contributed by atoms with Crippen LogP contribution in [0.25, 0.3) is 0 Å². The Bertz CT molecular complexity index is 1200. The molecule has 0 spiro atoms. The van der Waals surface area contributed by atoms with Crippen molar-refractivity contribution in [3.05, 3.63) is 34.5 Å². The molecule has 2 aromatic heterocycles. The molecule has 37 heavy (non-hydrogen) atoms. The van der Waals surface area contributed by atoms with Crippen LogP contribution in [0.4, 0.5) is 5.00 Å². The van der Waals surface area contributed by atoms with E-state index in [9.17, 15) is 9.59 Å². The first kappa shape index (κ1) is 25.2. The summed E-state index contributed by atoms with van der Waals surface area (Å²) in [4.78, 5) is 26.4. The summed E-state index contributed by atoms with van der Waals surface area (Å²) in [7, 11) is 0. The molecule has 2 amide bonds. The van der Waals surface area contributed by atoms with Gasteiger partial charge in [0.1, 0.15) is 10.8 Å². The maximum atomic E-state index is 13.0. The summed E-state index contributed by atoms with van der Waals surface area (Å²) < 4.78 is 2.14. The molecule has 4 saturated carbocycles. The number of carbonyl (C=O) groups excluding carboxylic acids is 2. The van der Waals surface area contributed by atoms with Crippen LogP contribution in [0, 0.1) is 29.1 Å². The highest BCUT2D eigenvalue weighted by molar-refractivity contribution is 7.99. The van der Waals surface area contributed by atoms with Gasteiger partial charge >= 0.3 is 0 Å². The summed E-state index contributed by atoms with van der Waals surface area (Å²) in [6.07, 6.45) is 13.9. The average molecular weight is 540 g/mol. The van der Waals surface area contributed by atoms with Crippen molar-refractivity contribution in [3.8, 4) is 0 Å². The fourth-order valence-electron chi connectivity index (χ4n) is 8.10. The lowest BCUT2D eigenvalue weighted by atomic mass is 9.49. The van der Waals surface area contributed by atoms with Crippen LogP contribution in [0.1, 0.15) is 78.5 Å². The summed E-state index contributed by atoms with van der Waals surface area (Å²) in [5, 5.41) is 13.4. The number of allylic oxidation sites excluding steroid dienone is 1. The van der Waals surface area contributed by atoms with Gasteiger partial charge in [0, 0.05) is 17.8 Å². The molecule has 0 aliphatic heterocycles. The third kappa shape index (κ3) is 4.89. The van der Waals surface area contributed by atoms with Crippen molar-refractivity contribution < 1.29 is 9.59 Å². The molecule has 0 radical (unpaired) electrons. The van der Waals surface area contributed by atoms with Gasteiger partial charge in [-0.2, -0.15) is 0 Å². The van der Waals surface area contributed by atoms with E-state index in [1.165, 1.54) is 66.5 Å². The lowest BCUT2D eigenvalue weighted by molar-refractivity contribution is -0.113. The Labute approximate surface area is 227 Å². The fourth-order valence-corrected chi connectivity index (χ4v) is 10.3. The van der Waals surface area contributed by atoms with E-state index in [2.05, 4.69) is 33.6 Å². The van der Waals surface area contributed by atoms with E-state index < -0.39 is 5.91 Å². The van der Waals surface area contributed by atoms with E-state index in [1.807, 2.05) is 6.08 Å². The number of carbonyl (C=O) groups is 2. The van der Waals surface area contributed by atoms with Gasteiger partial charge in [-0.1, -0.05) is 24.8 Å². The van der Waals surface area contributed by atoms with Crippen LogP contribution < -0.4 is 11.1 Å². The number of thiophene rings is 1. The Morgan fingerprint density at radius 2 is 1.92 bits per heavy atom.